The summed E-state index contributed by atoms with van der Waals surface area (Å²) in [6, 6.07) is 9.70. The Hall–Kier alpha value is -2.54. The van der Waals surface area contributed by atoms with Gasteiger partial charge in [-0.25, -0.2) is 4.98 Å². The average molecular weight is 504 g/mol. The van der Waals surface area contributed by atoms with Crippen LogP contribution in [0.15, 0.2) is 29.1 Å². The summed E-state index contributed by atoms with van der Waals surface area (Å²) in [5, 5.41) is 8.53. The van der Waals surface area contributed by atoms with Gasteiger partial charge in [0.1, 0.15) is 5.69 Å². The summed E-state index contributed by atoms with van der Waals surface area (Å²) in [7, 11) is 0. The van der Waals surface area contributed by atoms with Crippen molar-refractivity contribution in [2.45, 2.75) is 114 Å². The number of rotatable bonds is 6. The van der Waals surface area contributed by atoms with E-state index in [-0.39, 0.29) is 35.8 Å². The molecule has 4 bridgehead atoms. The number of primary amides is 1. The summed E-state index contributed by atoms with van der Waals surface area (Å²) in [5.74, 6) is 1.35. The minimum absolute atomic E-state index is 0.0543. The molecule has 0 radical (unpaired) electrons. The van der Waals surface area contributed by atoms with Crippen LogP contribution in [0.2, 0.25) is 0 Å². The standard InChI is InChI=1S/C30H41N5O2/c31-25(12-13-28(32)36)29-30(37)35(27-11-4-3-10-26(27)33-29)24-17-21-8-5-9-22(18-24)34(21)23-15-19-6-1-2-7-20(14-19)16-23/h3-4,10-11,19-24,31H,1-2,5-9,12-18H2,(H2,32,36)/t19?,20?,21-,22+,23?,24+. The van der Waals surface area contributed by atoms with E-state index in [9.17, 15) is 9.59 Å². The Balaban J connectivity index is 1.31. The van der Waals surface area contributed by atoms with E-state index in [0.29, 0.717) is 18.1 Å². The summed E-state index contributed by atoms with van der Waals surface area (Å²) < 4.78 is 1.96. The number of nitrogens with zero attached hydrogens (tertiary/aromatic N) is 3. The summed E-state index contributed by atoms with van der Waals surface area (Å²) in [6.07, 6.45) is 15.8. The first-order valence-corrected chi connectivity index (χ1v) is 14.6. The topological polar surface area (TPSA) is 105 Å². The smallest absolute Gasteiger partial charge is 0.279 e. The van der Waals surface area contributed by atoms with Crippen LogP contribution >= 0.6 is 0 Å². The lowest BCUT2D eigenvalue weighted by molar-refractivity contribution is -0.117. The number of amides is 1. The fourth-order valence-corrected chi connectivity index (χ4v) is 8.39. The summed E-state index contributed by atoms with van der Waals surface area (Å²) in [5.41, 5.74) is 7.00. The Labute approximate surface area is 219 Å². The van der Waals surface area contributed by atoms with Crippen LogP contribution in [0.4, 0.5) is 0 Å². The van der Waals surface area contributed by atoms with Crippen molar-refractivity contribution < 1.29 is 4.79 Å². The van der Waals surface area contributed by atoms with Gasteiger partial charge in [0.05, 0.1) is 16.7 Å². The number of benzene rings is 1. The lowest BCUT2D eigenvalue weighted by Crippen LogP contribution is -2.58. The van der Waals surface area contributed by atoms with Crippen LogP contribution in [0.3, 0.4) is 0 Å². The van der Waals surface area contributed by atoms with E-state index in [0.717, 1.165) is 35.7 Å². The molecule has 1 aromatic carbocycles. The molecule has 2 saturated carbocycles. The fraction of sp³-hybridized carbons (Fsp3) is 0.667. The highest BCUT2D eigenvalue weighted by Crippen LogP contribution is 2.46. The second kappa shape index (κ2) is 10.3. The lowest BCUT2D eigenvalue weighted by Gasteiger charge is -2.54. The zero-order chi connectivity index (χ0) is 25.5. The molecule has 2 aliphatic carbocycles. The molecular formula is C30H41N5O2. The van der Waals surface area contributed by atoms with Gasteiger partial charge in [-0.15, -0.1) is 0 Å². The Morgan fingerprint density at radius 1 is 0.865 bits per heavy atom. The minimum atomic E-state index is -0.464. The Morgan fingerprint density at radius 3 is 2.22 bits per heavy atom. The zero-order valence-corrected chi connectivity index (χ0v) is 21.9. The molecule has 5 atom stereocenters. The molecular weight excluding hydrogens is 462 g/mol. The molecule has 37 heavy (non-hydrogen) atoms. The first-order valence-electron chi connectivity index (χ1n) is 14.6. The van der Waals surface area contributed by atoms with E-state index in [4.69, 9.17) is 11.1 Å². The van der Waals surface area contributed by atoms with Crippen molar-refractivity contribution in [1.82, 2.24) is 14.5 Å². The first-order chi connectivity index (χ1) is 18.0. The van der Waals surface area contributed by atoms with Gasteiger partial charge in [0, 0.05) is 37.0 Å². The van der Waals surface area contributed by atoms with Crippen LogP contribution in [0.1, 0.15) is 102 Å². The molecule has 7 heteroatoms. The number of carbonyl (C=O) groups excluding carboxylic acids is 1. The summed E-state index contributed by atoms with van der Waals surface area (Å²) in [6.45, 7) is 0. The summed E-state index contributed by atoms with van der Waals surface area (Å²) in [4.78, 5) is 32.7. The van der Waals surface area contributed by atoms with Gasteiger partial charge in [-0.3, -0.25) is 14.5 Å². The molecule has 4 aliphatic rings. The fourth-order valence-electron chi connectivity index (χ4n) is 8.39. The zero-order valence-electron chi connectivity index (χ0n) is 21.9. The Morgan fingerprint density at radius 2 is 1.54 bits per heavy atom. The van der Waals surface area contributed by atoms with E-state index in [1.54, 1.807) is 0 Å². The van der Waals surface area contributed by atoms with Gasteiger partial charge < -0.3 is 15.7 Å². The first kappa shape index (κ1) is 24.8. The van der Waals surface area contributed by atoms with Crippen molar-refractivity contribution in [3.63, 3.8) is 0 Å². The van der Waals surface area contributed by atoms with Crippen LogP contribution in [0.25, 0.3) is 11.0 Å². The predicted octanol–water partition coefficient (Wildman–Crippen LogP) is 4.95. The van der Waals surface area contributed by atoms with Gasteiger partial charge in [0.25, 0.3) is 5.56 Å². The lowest BCUT2D eigenvalue weighted by atomic mass is 9.73. The molecule has 2 aromatic rings. The van der Waals surface area contributed by atoms with E-state index in [1.807, 2.05) is 28.8 Å². The van der Waals surface area contributed by atoms with Crippen LogP contribution < -0.4 is 11.3 Å². The highest BCUT2D eigenvalue weighted by molar-refractivity contribution is 5.99. The van der Waals surface area contributed by atoms with Gasteiger partial charge in [-0.05, 0) is 68.9 Å². The molecule has 6 rings (SSSR count). The predicted molar refractivity (Wildman–Crippen MR) is 146 cm³/mol. The molecule has 1 amide bonds. The number of nitrogens with two attached hydrogens (primary N) is 1. The van der Waals surface area contributed by atoms with Gasteiger partial charge in [-0.1, -0.05) is 44.2 Å². The van der Waals surface area contributed by atoms with E-state index >= 15 is 0 Å². The van der Waals surface area contributed by atoms with Gasteiger partial charge >= 0.3 is 0 Å². The summed E-state index contributed by atoms with van der Waals surface area (Å²) >= 11 is 0. The quantitative estimate of drug-likeness (QED) is 0.544. The van der Waals surface area contributed by atoms with Crippen molar-refractivity contribution in [1.29, 1.82) is 5.41 Å². The van der Waals surface area contributed by atoms with Gasteiger partial charge in [0.2, 0.25) is 5.91 Å². The molecule has 3 N–H and O–H groups in total. The highest BCUT2D eigenvalue weighted by Gasteiger charge is 2.45. The monoisotopic (exact) mass is 503 g/mol. The third-order valence-corrected chi connectivity index (χ3v) is 9.85. The minimum Gasteiger partial charge on any atom is -0.370 e. The van der Waals surface area contributed by atoms with Crippen molar-refractivity contribution in [2.24, 2.45) is 17.6 Å². The SMILES string of the molecule is N=C(CCC(N)=O)c1nc2ccccc2n([C@H]2C[C@H]3CCC[C@@H](C2)N3C2CC3CCCCC(C3)C2)c1=O. The molecule has 198 valence electrons. The molecule has 0 spiro atoms. The van der Waals surface area contributed by atoms with Crippen LogP contribution in [-0.2, 0) is 4.79 Å². The highest BCUT2D eigenvalue weighted by atomic mass is 16.1. The van der Waals surface area contributed by atoms with E-state index in [1.165, 1.54) is 64.2 Å². The van der Waals surface area contributed by atoms with Crippen LogP contribution in [-0.4, -0.2) is 44.2 Å². The number of fused-ring (bicyclic) bond motifs is 5. The number of hydrogen-bond acceptors (Lipinski definition) is 5. The molecule has 1 aromatic heterocycles. The number of para-hydroxylation sites is 2. The Kier molecular flexibility index (Phi) is 6.91. The maximum absolute atomic E-state index is 13.9. The van der Waals surface area contributed by atoms with Gasteiger partial charge in [-0.2, -0.15) is 0 Å². The molecule has 4 fully saturated rings. The average Bonchev–Trinajstić information content (AvgIpc) is 3.05. The molecule has 7 nitrogen and oxygen atoms in total. The van der Waals surface area contributed by atoms with Gasteiger partial charge in [0.15, 0.2) is 0 Å². The normalized spacial score (nSPS) is 32.1. The number of carbonyl (C=O) groups is 1. The number of hydrogen-bond donors (Lipinski definition) is 2. The van der Waals surface area contributed by atoms with Crippen molar-refractivity contribution in [2.75, 3.05) is 0 Å². The molecule has 2 unspecified atom stereocenters. The molecule has 3 heterocycles. The van der Waals surface area contributed by atoms with Crippen LogP contribution in [0, 0.1) is 17.2 Å². The van der Waals surface area contributed by atoms with Crippen LogP contribution in [0.5, 0.6) is 0 Å². The second-order valence-corrected chi connectivity index (χ2v) is 12.3. The van der Waals surface area contributed by atoms with E-state index in [2.05, 4.69) is 9.88 Å². The van der Waals surface area contributed by atoms with E-state index < -0.39 is 5.91 Å². The maximum Gasteiger partial charge on any atom is 0.279 e. The molecule has 2 saturated heterocycles. The maximum atomic E-state index is 13.9. The second-order valence-electron chi connectivity index (χ2n) is 12.3. The number of aromatic nitrogens is 2. The van der Waals surface area contributed by atoms with Crippen molar-refractivity contribution >= 4 is 22.7 Å². The van der Waals surface area contributed by atoms with Crippen molar-refractivity contribution in [3.05, 3.63) is 40.3 Å². The molecule has 2 aliphatic heterocycles. The number of piperidine rings is 2. The largest absolute Gasteiger partial charge is 0.370 e. The number of nitrogens with one attached hydrogen (secondary N) is 1. The van der Waals surface area contributed by atoms with Crippen molar-refractivity contribution in [3.8, 4) is 0 Å². The third kappa shape index (κ3) is 4.87. The third-order valence-electron chi connectivity index (χ3n) is 9.85. The Bertz CT molecular complexity index is 1210.